The molecule has 2 aromatic rings. The van der Waals surface area contributed by atoms with E-state index in [0.29, 0.717) is 5.58 Å². The molecular formula is C14H21N3O2. The number of nitrogens with zero attached hydrogens (tertiary/aromatic N) is 1. The predicted molar refractivity (Wildman–Crippen MR) is 77.4 cm³/mol. The van der Waals surface area contributed by atoms with Crippen LogP contribution in [0.5, 0.6) is 0 Å². The molecule has 0 aliphatic carbocycles. The first-order valence-electron chi connectivity index (χ1n) is 6.49. The summed E-state index contributed by atoms with van der Waals surface area (Å²) in [6.45, 7) is 4.90. The normalized spacial score (nSPS) is 12.0. The van der Waals surface area contributed by atoms with E-state index >= 15 is 0 Å². The number of fused-ring (bicyclic) bond motifs is 1. The van der Waals surface area contributed by atoms with E-state index in [-0.39, 0.29) is 11.3 Å². The second-order valence-electron chi connectivity index (χ2n) is 5.63. The van der Waals surface area contributed by atoms with Gasteiger partial charge in [0, 0.05) is 30.9 Å². The number of oxazole rings is 1. The first kappa shape index (κ1) is 13.7. The maximum absolute atomic E-state index is 11.4. The van der Waals surface area contributed by atoms with Gasteiger partial charge in [-0.3, -0.25) is 4.57 Å². The highest BCUT2D eigenvalue weighted by Crippen LogP contribution is 2.18. The fourth-order valence-corrected chi connectivity index (χ4v) is 2.02. The third-order valence-corrected chi connectivity index (χ3v) is 3.12. The molecule has 104 valence electrons. The molecule has 0 atom stereocenters. The number of nitrogens with two attached hydrogens (primary N) is 1. The Bertz CT molecular complexity index is 620. The molecule has 0 saturated carbocycles. The molecule has 0 aliphatic heterocycles. The SMILES string of the molecule is Cn1c(=O)oc2cc(NCCCC(C)(C)N)ccc21. The van der Waals surface area contributed by atoms with Crippen molar-refractivity contribution < 1.29 is 4.42 Å². The van der Waals surface area contributed by atoms with Gasteiger partial charge >= 0.3 is 5.76 Å². The van der Waals surface area contributed by atoms with Crippen LogP contribution in [0.25, 0.3) is 11.1 Å². The summed E-state index contributed by atoms with van der Waals surface area (Å²) in [5.41, 5.74) is 8.17. The standard InChI is InChI=1S/C14H21N3O2/c1-14(2,15)7-4-8-16-10-5-6-11-12(9-10)19-13(18)17(11)3/h5-6,9,16H,4,7-8,15H2,1-3H3. The van der Waals surface area contributed by atoms with Crippen LogP contribution in [0, 0.1) is 0 Å². The Morgan fingerprint density at radius 2 is 2.16 bits per heavy atom. The number of aromatic nitrogens is 1. The predicted octanol–water partition coefficient (Wildman–Crippen LogP) is 2.06. The summed E-state index contributed by atoms with van der Waals surface area (Å²) < 4.78 is 6.64. The fraction of sp³-hybridized carbons (Fsp3) is 0.500. The zero-order valence-electron chi connectivity index (χ0n) is 11.7. The van der Waals surface area contributed by atoms with Crippen molar-refractivity contribution >= 4 is 16.8 Å². The topological polar surface area (TPSA) is 73.2 Å². The Hall–Kier alpha value is -1.75. The lowest BCUT2D eigenvalue weighted by atomic mass is 10.0. The van der Waals surface area contributed by atoms with Gasteiger partial charge in [-0.15, -0.1) is 0 Å². The van der Waals surface area contributed by atoms with Gasteiger partial charge in [0.2, 0.25) is 0 Å². The fourth-order valence-electron chi connectivity index (χ4n) is 2.02. The molecule has 0 unspecified atom stereocenters. The smallest absolute Gasteiger partial charge is 0.408 e. The molecular weight excluding hydrogens is 242 g/mol. The summed E-state index contributed by atoms with van der Waals surface area (Å²) in [6.07, 6.45) is 1.96. The van der Waals surface area contributed by atoms with Gasteiger partial charge in [0.15, 0.2) is 5.58 Å². The summed E-state index contributed by atoms with van der Waals surface area (Å²) in [6, 6.07) is 5.69. The number of anilines is 1. The van der Waals surface area contributed by atoms with E-state index in [1.54, 1.807) is 7.05 Å². The largest absolute Gasteiger partial charge is 0.419 e. The molecule has 0 bridgehead atoms. The number of rotatable bonds is 5. The quantitative estimate of drug-likeness (QED) is 0.810. The van der Waals surface area contributed by atoms with Gasteiger partial charge in [0.05, 0.1) is 5.52 Å². The Kier molecular flexibility index (Phi) is 3.66. The minimum absolute atomic E-state index is 0.127. The summed E-state index contributed by atoms with van der Waals surface area (Å²) in [5, 5.41) is 3.31. The molecule has 5 heteroatoms. The number of aryl methyl sites for hydroxylation is 1. The van der Waals surface area contributed by atoms with E-state index in [0.717, 1.165) is 30.6 Å². The zero-order chi connectivity index (χ0) is 14.0. The van der Waals surface area contributed by atoms with Gasteiger partial charge in [0.1, 0.15) is 0 Å². The molecule has 1 aromatic carbocycles. The second-order valence-corrected chi connectivity index (χ2v) is 5.63. The first-order chi connectivity index (χ1) is 8.87. The average Bonchev–Trinajstić information content (AvgIpc) is 2.59. The second kappa shape index (κ2) is 5.09. The van der Waals surface area contributed by atoms with E-state index in [4.69, 9.17) is 10.2 Å². The third-order valence-electron chi connectivity index (χ3n) is 3.12. The number of hydrogen-bond donors (Lipinski definition) is 2. The summed E-state index contributed by atoms with van der Waals surface area (Å²) >= 11 is 0. The van der Waals surface area contributed by atoms with E-state index in [1.165, 1.54) is 4.57 Å². The van der Waals surface area contributed by atoms with Crippen LogP contribution >= 0.6 is 0 Å². The molecule has 0 spiro atoms. The molecule has 19 heavy (non-hydrogen) atoms. The van der Waals surface area contributed by atoms with Crippen molar-refractivity contribution in [2.24, 2.45) is 12.8 Å². The summed E-state index contributed by atoms with van der Waals surface area (Å²) in [7, 11) is 1.70. The lowest BCUT2D eigenvalue weighted by Crippen LogP contribution is -2.32. The highest BCUT2D eigenvalue weighted by atomic mass is 16.4. The van der Waals surface area contributed by atoms with Gasteiger partial charge in [-0.25, -0.2) is 4.79 Å². The summed E-state index contributed by atoms with van der Waals surface area (Å²) in [4.78, 5) is 11.4. The Balaban J connectivity index is 2.00. The molecule has 5 nitrogen and oxygen atoms in total. The van der Waals surface area contributed by atoms with E-state index < -0.39 is 0 Å². The van der Waals surface area contributed by atoms with Crippen LogP contribution in [0.3, 0.4) is 0 Å². The molecule has 0 radical (unpaired) electrons. The van der Waals surface area contributed by atoms with Gasteiger partial charge < -0.3 is 15.5 Å². The van der Waals surface area contributed by atoms with Gasteiger partial charge in [-0.1, -0.05) is 0 Å². The van der Waals surface area contributed by atoms with Crippen molar-refractivity contribution in [3.05, 3.63) is 28.7 Å². The monoisotopic (exact) mass is 263 g/mol. The van der Waals surface area contributed by atoms with Crippen LogP contribution in [-0.2, 0) is 7.05 Å². The van der Waals surface area contributed by atoms with Crippen molar-refractivity contribution in [2.45, 2.75) is 32.2 Å². The van der Waals surface area contributed by atoms with Crippen molar-refractivity contribution in [1.29, 1.82) is 0 Å². The molecule has 0 fully saturated rings. The van der Waals surface area contributed by atoms with Crippen LogP contribution in [0.2, 0.25) is 0 Å². The van der Waals surface area contributed by atoms with Gasteiger partial charge in [0.25, 0.3) is 0 Å². The van der Waals surface area contributed by atoms with Crippen molar-refractivity contribution in [3.8, 4) is 0 Å². The lowest BCUT2D eigenvalue weighted by molar-refractivity contribution is 0.465. The van der Waals surface area contributed by atoms with E-state index in [2.05, 4.69) is 5.32 Å². The molecule has 0 aliphatic rings. The Morgan fingerprint density at radius 3 is 2.84 bits per heavy atom. The molecule has 0 saturated heterocycles. The Labute approximate surface area is 112 Å². The van der Waals surface area contributed by atoms with Crippen LogP contribution in [0.4, 0.5) is 5.69 Å². The average molecular weight is 263 g/mol. The number of hydrogen-bond acceptors (Lipinski definition) is 4. The molecule has 2 rings (SSSR count). The molecule has 0 amide bonds. The molecule has 3 N–H and O–H groups in total. The molecule has 1 aromatic heterocycles. The van der Waals surface area contributed by atoms with E-state index in [1.807, 2.05) is 32.0 Å². The highest BCUT2D eigenvalue weighted by molar-refractivity contribution is 5.77. The van der Waals surface area contributed by atoms with Crippen LogP contribution < -0.4 is 16.8 Å². The van der Waals surface area contributed by atoms with Crippen LogP contribution in [-0.4, -0.2) is 16.7 Å². The maximum atomic E-state index is 11.4. The number of nitrogens with one attached hydrogen (secondary N) is 1. The van der Waals surface area contributed by atoms with Crippen LogP contribution in [0.15, 0.2) is 27.4 Å². The van der Waals surface area contributed by atoms with Crippen molar-refractivity contribution in [3.63, 3.8) is 0 Å². The highest BCUT2D eigenvalue weighted by Gasteiger charge is 2.09. The van der Waals surface area contributed by atoms with Crippen molar-refractivity contribution in [2.75, 3.05) is 11.9 Å². The van der Waals surface area contributed by atoms with Crippen molar-refractivity contribution in [1.82, 2.24) is 4.57 Å². The minimum atomic E-state index is -0.336. The maximum Gasteiger partial charge on any atom is 0.419 e. The molecule has 1 heterocycles. The summed E-state index contributed by atoms with van der Waals surface area (Å²) in [5.74, 6) is -0.336. The number of benzene rings is 1. The minimum Gasteiger partial charge on any atom is -0.408 e. The zero-order valence-corrected chi connectivity index (χ0v) is 11.7. The third kappa shape index (κ3) is 3.38. The van der Waals surface area contributed by atoms with E-state index in [9.17, 15) is 4.79 Å². The van der Waals surface area contributed by atoms with Crippen LogP contribution in [0.1, 0.15) is 26.7 Å². The van der Waals surface area contributed by atoms with Gasteiger partial charge in [-0.05, 0) is 38.8 Å². The Morgan fingerprint density at radius 1 is 1.42 bits per heavy atom. The first-order valence-corrected chi connectivity index (χ1v) is 6.49. The lowest BCUT2D eigenvalue weighted by Gasteiger charge is -2.18. The van der Waals surface area contributed by atoms with Gasteiger partial charge in [-0.2, -0.15) is 0 Å².